The molecule has 1 N–H and O–H groups in total. The number of aromatic nitrogens is 3. The lowest BCUT2D eigenvalue weighted by atomic mass is 10.1. The van der Waals surface area contributed by atoms with Gasteiger partial charge < -0.3 is 14.6 Å². The summed E-state index contributed by atoms with van der Waals surface area (Å²) < 4.78 is 7.74. The lowest BCUT2D eigenvalue weighted by molar-refractivity contribution is 0.0927. The summed E-state index contributed by atoms with van der Waals surface area (Å²) in [5.74, 6) is 2.31. The third kappa shape index (κ3) is 3.42. The maximum atomic E-state index is 12.4. The Hall–Kier alpha value is -2.37. The lowest BCUT2D eigenvalue weighted by Crippen LogP contribution is -2.40. The van der Waals surface area contributed by atoms with Gasteiger partial charge in [0.25, 0.3) is 5.91 Å². The summed E-state index contributed by atoms with van der Waals surface area (Å²) in [4.78, 5) is 21.1. The quantitative estimate of drug-likeness (QED) is 0.914. The highest BCUT2D eigenvalue weighted by Crippen LogP contribution is 2.29. The number of rotatable bonds is 5. The highest BCUT2D eigenvalue weighted by molar-refractivity contribution is 5.94. The van der Waals surface area contributed by atoms with Gasteiger partial charge in [0.15, 0.2) is 0 Å². The van der Waals surface area contributed by atoms with Crippen LogP contribution in [0.3, 0.4) is 0 Å². The van der Waals surface area contributed by atoms with E-state index in [2.05, 4.69) is 19.9 Å². The number of hydrogen-bond donors (Lipinski definition) is 1. The van der Waals surface area contributed by atoms with E-state index >= 15 is 0 Å². The van der Waals surface area contributed by atoms with E-state index < -0.39 is 0 Å². The van der Waals surface area contributed by atoms with Gasteiger partial charge in [-0.25, -0.2) is 9.97 Å². The molecule has 0 aromatic carbocycles. The minimum atomic E-state index is -0.0819. The first-order valence-corrected chi connectivity index (χ1v) is 8.60. The molecule has 0 radical (unpaired) electrons. The second-order valence-corrected chi connectivity index (χ2v) is 6.80. The molecule has 1 aliphatic heterocycles. The van der Waals surface area contributed by atoms with Crippen LogP contribution in [0.1, 0.15) is 41.1 Å². The van der Waals surface area contributed by atoms with Crippen molar-refractivity contribution in [3.05, 3.63) is 41.6 Å². The fraction of sp³-hybridized carbons (Fsp3) is 0.500. The standard InChI is InChI=1S/C18H22N4O2/c1-12-9-22-10-15(5-6-16(22)20-12)21-18(23)14-4-7-17(19-8-14)24-11-13-2-3-13/h4,7-9,13,15H,2-3,5-6,10-11H2,1H3,(H,21,23). The fourth-order valence-electron chi connectivity index (χ4n) is 3.06. The number of amides is 1. The van der Waals surface area contributed by atoms with Gasteiger partial charge in [-0.1, -0.05) is 0 Å². The smallest absolute Gasteiger partial charge is 0.253 e. The Morgan fingerprint density at radius 3 is 3.00 bits per heavy atom. The molecule has 0 spiro atoms. The molecule has 2 aromatic heterocycles. The van der Waals surface area contributed by atoms with E-state index in [1.807, 2.05) is 13.1 Å². The average Bonchev–Trinajstić information content (AvgIpc) is 3.33. The van der Waals surface area contributed by atoms with Crippen molar-refractivity contribution in [3.8, 4) is 5.88 Å². The largest absolute Gasteiger partial charge is 0.477 e. The summed E-state index contributed by atoms with van der Waals surface area (Å²) in [5, 5.41) is 3.10. The molecular formula is C18H22N4O2. The zero-order chi connectivity index (χ0) is 16.5. The molecule has 3 heterocycles. The monoisotopic (exact) mass is 326 g/mol. The van der Waals surface area contributed by atoms with Crippen molar-refractivity contribution < 1.29 is 9.53 Å². The van der Waals surface area contributed by atoms with Crippen LogP contribution in [0.15, 0.2) is 24.5 Å². The Balaban J connectivity index is 1.34. The number of carbonyl (C=O) groups is 1. The molecule has 4 rings (SSSR count). The van der Waals surface area contributed by atoms with Crippen LogP contribution in [0.2, 0.25) is 0 Å². The molecule has 0 saturated heterocycles. The summed E-state index contributed by atoms with van der Waals surface area (Å²) in [6, 6.07) is 3.68. The normalized spacial score (nSPS) is 19.6. The second kappa shape index (κ2) is 6.26. The molecule has 1 fully saturated rings. The van der Waals surface area contributed by atoms with Crippen molar-refractivity contribution >= 4 is 5.91 Å². The number of nitrogens with zero attached hydrogens (tertiary/aromatic N) is 3. The van der Waals surface area contributed by atoms with Gasteiger partial charge in [-0.05, 0) is 38.2 Å². The third-order valence-corrected chi connectivity index (χ3v) is 4.61. The number of carbonyl (C=O) groups excluding carboxylic acids is 1. The SMILES string of the molecule is Cc1cn2c(n1)CCC(NC(=O)c1ccc(OCC3CC3)nc1)C2. The molecule has 6 nitrogen and oxygen atoms in total. The highest BCUT2D eigenvalue weighted by atomic mass is 16.5. The molecule has 24 heavy (non-hydrogen) atoms. The highest BCUT2D eigenvalue weighted by Gasteiger charge is 2.23. The molecule has 1 saturated carbocycles. The topological polar surface area (TPSA) is 69.0 Å². The summed E-state index contributed by atoms with van der Waals surface area (Å²) in [7, 11) is 0. The molecule has 2 aliphatic rings. The van der Waals surface area contributed by atoms with Gasteiger partial charge >= 0.3 is 0 Å². The summed E-state index contributed by atoms with van der Waals surface area (Å²) >= 11 is 0. The van der Waals surface area contributed by atoms with Crippen LogP contribution >= 0.6 is 0 Å². The molecule has 126 valence electrons. The summed E-state index contributed by atoms with van der Waals surface area (Å²) in [5.41, 5.74) is 1.60. The number of aryl methyl sites for hydroxylation is 2. The van der Waals surface area contributed by atoms with Crippen molar-refractivity contribution in [3.63, 3.8) is 0 Å². The van der Waals surface area contributed by atoms with Crippen LogP contribution in [0, 0.1) is 12.8 Å². The molecule has 1 unspecified atom stereocenters. The van der Waals surface area contributed by atoms with E-state index in [1.54, 1.807) is 18.3 Å². The van der Waals surface area contributed by atoms with E-state index in [0.717, 1.165) is 37.5 Å². The molecule has 0 bridgehead atoms. The first kappa shape index (κ1) is 15.2. The van der Waals surface area contributed by atoms with Gasteiger partial charge in [0, 0.05) is 37.5 Å². The van der Waals surface area contributed by atoms with E-state index in [1.165, 1.54) is 12.8 Å². The zero-order valence-corrected chi connectivity index (χ0v) is 13.9. The predicted octanol–water partition coefficient (Wildman–Crippen LogP) is 2.12. The Labute approximate surface area is 141 Å². The van der Waals surface area contributed by atoms with Gasteiger partial charge in [0.1, 0.15) is 5.82 Å². The molecule has 6 heteroatoms. The number of pyridine rings is 1. The van der Waals surface area contributed by atoms with Gasteiger partial charge in [-0.15, -0.1) is 0 Å². The van der Waals surface area contributed by atoms with Crippen molar-refractivity contribution in [1.82, 2.24) is 19.9 Å². The minimum absolute atomic E-state index is 0.0819. The Kier molecular flexibility index (Phi) is 3.96. The Morgan fingerprint density at radius 1 is 1.38 bits per heavy atom. The van der Waals surface area contributed by atoms with Crippen LogP contribution in [0.4, 0.5) is 0 Å². The van der Waals surface area contributed by atoms with Crippen LogP contribution in [-0.4, -0.2) is 33.1 Å². The number of nitrogens with one attached hydrogen (secondary N) is 1. The maximum absolute atomic E-state index is 12.4. The molecule has 1 atom stereocenters. The van der Waals surface area contributed by atoms with Crippen LogP contribution in [0.25, 0.3) is 0 Å². The predicted molar refractivity (Wildman–Crippen MR) is 89.0 cm³/mol. The lowest BCUT2D eigenvalue weighted by Gasteiger charge is -2.24. The number of imidazole rings is 1. The zero-order valence-electron chi connectivity index (χ0n) is 13.9. The van der Waals surface area contributed by atoms with E-state index in [0.29, 0.717) is 17.4 Å². The van der Waals surface area contributed by atoms with Gasteiger partial charge in [0.05, 0.1) is 17.9 Å². The molecular weight excluding hydrogens is 304 g/mol. The molecule has 1 aliphatic carbocycles. The van der Waals surface area contributed by atoms with Crippen molar-refractivity contribution in [2.24, 2.45) is 5.92 Å². The number of fused-ring (bicyclic) bond motifs is 1. The number of ether oxygens (including phenoxy) is 1. The fourth-order valence-corrected chi connectivity index (χ4v) is 3.06. The average molecular weight is 326 g/mol. The Morgan fingerprint density at radius 2 is 2.25 bits per heavy atom. The first-order valence-electron chi connectivity index (χ1n) is 8.60. The van der Waals surface area contributed by atoms with Gasteiger partial charge in [-0.2, -0.15) is 0 Å². The van der Waals surface area contributed by atoms with Crippen molar-refractivity contribution in [1.29, 1.82) is 0 Å². The van der Waals surface area contributed by atoms with Gasteiger partial charge in [0.2, 0.25) is 5.88 Å². The van der Waals surface area contributed by atoms with E-state index in [4.69, 9.17) is 4.74 Å². The molecule has 2 aromatic rings. The van der Waals surface area contributed by atoms with Crippen LogP contribution in [-0.2, 0) is 13.0 Å². The Bertz CT molecular complexity index is 734. The second-order valence-electron chi connectivity index (χ2n) is 6.80. The van der Waals surface area contributed by atoms with Crippen molar-refractivity contribution in [2.45, 2.75) is 45.2 Å². The minimum Gasteiger partial charge on any atom is -0.477 e. The van der Waals surface area contributed by atoms with E-state index in [-0.39, 0.29) is 11.9 Å². The molecule has 1 amide bonds. The van der Waals surface area contributed by atoms with Crippen LogP contribution in [0.5, 0.6) is 5.88 Å². The van der Waals surface area contributed by atoms with E-state index in [9.17, 15) is 4.79 Å². The summed E-state index contributed by atoms with van der Waals surface area (Å²) in [6.07, 6.45) is 7.94. The summed E-state index contributed by atoms with van der Waals surface area (Å²) in [6.45, 7) is 3.50. The third-order valence-electron chi connectivity index (χ3n) is 4.61. The first-order chi connectivity index (χ1) is 11.7. The van der Waals surface area contributed by atoms with Gasteiger partial charge in [-0.3, -0.25) is 4.79 Å². The van der Waals surface area contributed by atoms with Crippen molar-refractivity contribution in [2.75, 3.05) is 6.61 Å². The number of hydrogen-bond acceptors (Lipinski definition) is 4. The van der Waals surface area contributed by atoms with Crippen LogP contribution < -0.4 is 10.1 Å². The maximum Gasteiger partial charge on any atom is 0.253 e.